The number of rotatable bonds is 4. The Kier molecular flexibility index (Phi) is 5.78. The van der Waals surface area contributed by atoms with Gasteiger partial charge in [0.1, 0.15) is 5.75 Å². The highest BCUT2D eigenvalue weighted by Gasteiger charge is 2.31. The Balaban J connectivity index is 1.53. The van der Waals surface area contributed by atoms with Crippen molar-refractivity contribution < 1.29 is 15.0 Å². The number of phenolic OH excluding ortho intramolecular Hbond substituents is 1. The van der Waals surface area contributed by atoms with E-state index >= 15 is 0 Å². The van der Waals surface area contributed by atoms with Crippen LogP contribution < -0.4 is 10.4 Å². The average molecular weight is 421 g/mol. The van der Waals surface area contributed by atoms with Crippen molar-refractivity contribution in [1.82, 2.24) is 0 Å². The Hall–Kier alpha value is -3.19. The lowest BCUT2D eigenvalue weighted by Gasteiger charge is -2.26. The van der Waals surface area contributed by atoms with E-state index in [0.29, 0.717) is 17.1 Å². The fourth-order valence-electron chi connectivity index (χ4n) is 4.14. The maximum Gasteiger partial charge on any atom is 0.301 e. The van der Waals surface area contributed by atoms with E-state index in [1.165, 1.54) is 5.01 Å². The first kappa shape index (κ1) is 21.1. The maximum absolute atomic E-state index is 12.9. The lowest BCUT2D eigenvalue weighted by molar-refractivity contribution is -0.112. The number of phenols is 1. The van der Waals surface area contributed by atoms with Crippen molar-refractivity contribution >= 4 is 28.7 Å². The molecule has 0 bridgehead atoms. The lowest BCUT2D eigenvalue weighted by Crippen LogP contribution is -2.28. The molecule has 3 N–H and O–H groups in total. The van der Waals surface area contributed by atoms with Crippen LogP contribution in [0.2, 0.25) is 0 Å². The number of nitrogens with one attached hydrogen (secondary N) is 1. The summed E-state index contributed by atoms with van der Waals surface area (Å²) in [5.74, 6) is 0.0268. The van der Waals surface area contributed by atoms with Crippen molar-refractivity contribution in [1.29, 1.82) is 0 Å². The minimum absolute atomic E-state index is 0.138. The average Bonchev–Trinajstić information content (AvgIpc) is 3.04. The SMILES string of the molecule is CC1=NN(c2ccc(C)c(C)c2)C(=O)C1=NNc1cccc(C2CCC(O)CC2)c1O. The molecule has 0 unspecified atom stereocenters. The first-order valence-electron chi connectivity index (χ1n) is 10.7. The molecule has 1 aliphatic carbocycles. The van der Waals surface area contributed by atoms with E-state index in [4.69, 9.17) is 0 Å². The highest BCUT2D eigenvalue weighted by molar-refractivity contribution is 6.71. The molecule has 0 aromatic heterocycles. The van der Waals surface area contributed by atoms with Gasteiger partial charge in [0, 0.05) is 0 Å². The molecule has 1 saturated carbocycles. The molecule has 2 aromatic carbocycles. The molecule has 2 aromatic rings. The van der Waals surface area contributed by atoms with Crippen molar-refractivity contribution in [3.63, 3.8) is 0 Å². The van der Waals surface area contributed by atoms with Crippen LogP contribution in [0.4, 0.5) is 11.4 Å². The molecule has 0 spiro atoms. The first-order valence-corrected chi connectivity index (χ1v) is 10.7. The molecule has 1 amide bonds. The molecule has 7 heteroatoms. The molecule has 7 nitrogen and oxygen atoms in total. The minimum Gasteiger partial charge on any atom is -0.505 e. The molecule has 1 fully saturated rings. The number of aliphatic hydroxyl groups is 1. The predicted molar refractivity (Wildman–Crippen MR) is 123 cm³/mol. The highest BCUT2D eigenvalue weighted by Crippen LogP contribution is 2.40. The quantitative estimate of drug-likeness (QED) is 0.510. The molecule has 162 valence electrons. The number of carbonyl (C=O) groups excluding carboxylic acids is 1. The summed E-state index contributed by atoms with van der Waals surface area (Å²) in [6.45, 7) is 5.75. The van der Waals surface area contributed by atoms with E-state index in [-0.39, 0.29) is 29.4 Å². The van der Waals surface area contributed by atoms with Gasteiger partial charge in [-0.25, -0.2) is 0 Å². The fourth-order valence-corrected chi connectivity index (χ4v) is 4.14. The van der Waals surface area contributed by atoms with Gasteiger partial charge in [-0.15, -0.1) is 0 Å². The first-order chi connectivity index (χ1) is 14.8. The summed E-state index contributed by atoms with van der Waals surface area (Å²) in [5.41, 5.74) is 7.79. The van der Waals surface area contributed by atoms with Crippen molar-refractivity contribution in [2.75, 3.05) is 10.4 Å². The van der Waals surface area contributed by atoms with E-state index in [1.54, 1.807) is 13.0 Å². The molecule has 0 saturated heterocycles. The van der Waals surface area contributed by atoms with Gasteiger partial charge in [0.25, 0.3) is 0 Å². The zero-order valence-electron chi connectivity index (χ0n) is 18.1. The second-order valence-electron chi connectivity index (χ2n) is 8.39. The summed E-state index contributed by atoms with van der Waals surface area (Å²) >= 11 is 0. The van der Waals surface area contributed by atoms with Crippen LogP contribution in [0, 0.1) is 13.8 Å². The van der Waals surface area contributed by atoms with Gasteiger partial charge < -0.3 is 10.2 Å². The summed E-state index contributed by atoms with van der Waals surface area (Å²) in [4.78, 5) is 12.9. The number of aliphatic hydroxyl groups excluding tert-OH is 1. The third-order valence-corrected chi connectivity index (χ3v) is 6.21. The Morgan fingerprint density at radius 3 is 2.52 bits per heavy atom. The van der Waals surface area contributed by atoms with Gasteiger partial charge in [-0.3, -0.25) is 10.2 Å². The van der Waals surface area contributed by atoms with Gasteiger partial charge in [-0.2, -0.15) is 15.2 Å². The molecule has 0 radical (unpaired) electrons. The largest absolute Gasteiger partial charge is 0.505 e. The van der Waals surface area contributed by atoms with E-state index < -0.39 is 0 Å². The lowest BCUT2D eigenvalue weighted by atomic mass is 9.82. The van der Waals surface area contributed by atoms with Gasteiger partial charge in [0.2, 0.25) is 0 Å². The third kappa shape index (κ3) is 4.18. The molecule has 0 atom stereocenters. The summed E-state index contributed by atoms with van der Waals surface area (Å²) < 4.78 is 0. The summed E-state index contributed by atoms with van der Waals surface area (Å²) in [6, 6.07) is 11.3. The number of hydrogen-bond acceptors (Lipinski definition) is 6. The number of carbonyl (C=O) groups is 1. The van der Waals surface area contributed by atoms with Crippen molar-refractivity contribution in [3.8, 4) is 5.75 Å². The molecular weight excluding hydrogens is 392 g/mol. The topological polar surface area (TPSA) is 97.5 Å². The molecule has 31 heavy (non-hydrogen) atoms. The number of nitrogens with zero attached hydrogens (tertiary/aromatic N) is 3. The summed E-state index contributed by atoms with van der Waals surface area (Å²) in [6.07, 6.45) is 2.90. The van der Waals surface area contributed by atoms with Gasteiger partial charge in [-0.05, 0) is 87.3 Å². The van der Waals surface area contributed by atoms with Crippen molar-refractivity contribution in [2.45, 2.75) is 58.5 Å². The van der Waals surface area contributed by atoms with Crippen LogP contribution in [0.3, 0.4) is 0 Å². The monoisotopic (exact) mass is 420 g/mol. The number of aromatic hydroxyl groups is 1. The van der Waals surface area contributed by atoms with Crippen molar-refractivity contribution in [3.05, 3.63) is 53.1 Å². The molecule has 2 aliphatic rings. The molecule has 1 aliphatic heterocycles. The van der Waals surface area contributed by atoms with Crippen LogP contribution in [0.1, 0.15) is 55.2 Å². The Morgan fingerprint density at radius 1 is 1.06 bits per heavy atom. The van der Waals surface area contributed by atoms with Gasteiger partial charge in [-0.1, -0.05) is 18.2 Å². The zero-order valence-corrected chi connectivity index (χ0v) is 18.1. The van der Waals surface area contributed by atoms with Crippen LogP contribution in [-0.4, -0.2) is 33.6 Å². The van der Waals surface area contributed by atoms with Crippen LogP contribution in [0.25, 0.3) is 0 Å². The number of anilines is 2. The number of hydrazone groups is 2. The summed E-state index contributed by atoms with van der Waals surface area (Å²) in [5, 5.41) is 30.5. The van der Waals surface area contributed by atoms with Gasteiger partial charge in [0.15, 0.2) is 5.71 Å². The molecule has 1 heterocycles. The fraction of sp³-hybridized carbons (Fsp3) is 0.375. The Bertz CT molecular complexity index is 1070. The van der Waals surface area contributed by atoms with E-state index in [9.17, 15) is 15.0 Å². The Labute approximate surface area is 182 Å². The van der Waals surface area contributed by atoms with Gasteiger partial charge >= 0.3 is 5.91 Å². The molecule has 4 rings (SSSR count). The van der Waals surface area contributed by atoms with Crippen LogP contribution in [-0.2, 0) is 4.79 Å². The van der Waals surface area contributed by atoms with E-state index in [2.05, 4.69) is 15.6 Å². The van der Waals surface area contributed by atoms with Crippen LogP contribution in [0.5, 0.6) is 5.75 Å². The predicted octanol–water partition coefficient (Wildman–Crippen LogP) is 4.22. The number of benzene rings is 2. The minimum atomic E-state index is -0.315. The van der Waals surface area contributed by atoms with Crippen LogP contribution in [0.15, 0.2) is 46.6 Å². The zero-order chi connectivity index (χ0) is 22.1. The Morgan fingerprint density at radius 2 is 1.81 bits per heavy atom. The highest BCUT2D eigenvalue weighted by atomic mass is 16.3. The van der Waals surface area contributed by atoms with Gasteiger partial charge in [0.05, 0.1) is 23.2 Å². The van der Waals surface area contributed by atoms with E-state index in [1.807, 2.05) is 44.2 Å². The number of amides is 1. The van der Waals surface area contributed by atoms with Crippen molar-refractivity contribution in [2.24, 2.45) is 10.2 Å². The second kappa shape index (κ2) is 8.51. The van der Waals surface area contributed by atoms with E-state index in [0.717, 1.165) is 42.4 Å². The molecular formula is C24H28N4O3. The smallest absolute Gasteiger partial charge is 0.301 e. The number of para-hydroxylation sites is 1. The standard InChI is InChI=1S/C24H28N4O3/c1-14-7-10-18(13-15(14)2)28-24(31)22(16(3)27-28)26-25-21-6-4-5-20(23(21)30)17-8-11-19(29)12-9-17/h4-7,10,13,17,19,25,29-30H,8-9,11-12H2,1-3H3. The normalized spacial score (nSPS) is 22.7. The third-order valence-electron chi connectivity index (χ3n) is 6.21. The van der Waals surface area contributed by atoms with Crippen LogP contribution >= 0.6 is 0 Å². The second-order valence-corrected chi connectivity index (χ2v) is 8.39. The summed E-state index contributed by atoms with van der Waals surface area (Å²) in [7, 11) is 0. The maximum atomic E-state index is 12.9. The number of hydrogen-bond donors (Lipinski definition) is 3. The number of aryl methyl sites for hydroxylation is 2.